The van der Waals surface area contributed by atoms with Crippen LogP contribution in [0.25, 0.3) is 0 Å². The maximum absolute atomic E-state index is 5.75. The Morgan fingerprint density at radius 3 is 3.12 bits per heavy atom. The minimum absolute atomic E-state index is 0.454. The summed E-state index contributed by atoms with van der Waals surface area (Å²) in [5, 5.41) is 4.25. The molecule has 0 saturated carbocycles. The Kier molecular flexibility index (Phi) is 4.83. The van der Waals surface area contributed by atoms with Crippen LogP contribution in [0.3, 0.4) is 0 Å². The zero-order valence-corrected chi connectivity index (χ0v) is 12.1. The van der Waals surface area contributed by atoms with E-state index in [1.807, 2.05) is 35.3 Å². The van der Waals surface area contributed by atoms with Crippen molar-refractivity contribution in [2.45, 2.75) is 35.1 Å². The summed E-state index contributed by atoms with van der Waals surface area (Å²) in [5.74, 6) is 3.42. The normalized spacial score (nSPS) is 42.4. The molecular weight excluding hydrogens is 274 g/mol. The van der Waals surface area contributed by atoms with Crippen LogP contribution >= 0.6 is 35.3 Å². The van der Waals surface area contributed by atoms with Crippen molar-refractivity contribution in [2.75, 3.05) is 24.0 Å². The molecule has 0 aromatic heterocycles. The van der Waals surface area contributed by atoms with Crippen molar-refractivity contribution in [3.63, 3.8) is 0 Å². The van der Waals surface area contributed by atoms with Crippen LogP contribution in [-0.2, 0) is 4.74 Å². The second-order valence-corrected chi connectivity index (χ2v) is 8.17. The third kappa shape index (κ3) is 3.46. The minimum Gasteiger partial charge on any atom is -0.376 e. The summed E-state index contributed by atoms with van der Waals surface area (Å²) in [5.41, 5.74) is 6.41. The molecule has 3 rings (SSSR count). The van der Waals surface area contributed by atoms with E-state index < -0.39 is 0 Å². The third-order valence-electron chi connectivity index (χ3n) is 3.16. The van der Waals surface area contributed by atoms with Crippen molar-refractivity contribution in [3.05, 3.63) is 0 Å². The van der Waals surface area contributed by atoms with Gasteiger partial charge in [-0.3, -0.25) is 5.32 Å². The van der Waals surface area contributed by atoms with Gasteiger partial charge in [0.05, 0.1) is 17.4 Å². The molecular formula is C10H19N3OS3. The fraction of sp³-hybridized carbons (Fsp3) is 1.00. The van der Waals surface area contributed by atoms with Crippen molar-refractivity contribution in [2.24, 2.45) is 0 Å². The molecule has 0 aromatic rings. The maximum Gasteiger partial charge on any atom is 0.114 e. The van der Waals surface area contributed by atoms with Crippen LogP contribution in [0.4, 0.5) is 0 Å². The summed E-state index contributed by atoms with van der Waals surface area (Å²) >= 11 is 5.97. The number of ether oxygens (including phenoxy) is 1. The molecule has 98 valence electrons. The first-order valence-electron chi connectivity index (χ1n) is 6.13. The highest BCUT2D eigenvalue weighted by atomic mass is 32.2. The molecule has 4 nitrogen and oxygen atoms in total. The molecule has 7 heteroatoms. The van der Waals surface area contributed by atoms with Gasteiger partial charge in [-0.25, -0.2) is 10.9 Å². The zero-order valence-electron chi connectivity index (χ0n) is 9.69. The van der Waals surface area contributed by atoms with Crippen molar-refractivity contribution in [1.29, 1.82) is 0 Å². The van der Waals surface area contributed by atoms with Crippen LogP contribution < -0.4 is 16.2 Å². The van der Waals surface area contributed by atoms with Gasteiger partial charge in [0.25, 0.3) is 0 Å². The molecule has 4 unspecified atom stereocenters. The monoisotopic (exact) mass is 293 g/mol. The van der Waals surface area contributed by atoms with Crippen LogP contribution in [0.15, 0.2) is 0 Å². The summed E-state index contributed by atoms with van der Waals surface area (Å²) < 4.78 is 6.26. The molecule has 3 heterocycles. The Morgan fingerprint density at radius 1 is 1.35 bits per heavy atom. The fourth-order valence-corrected chi connectivity index (χ4v) is 5.90. The Bertz CT molecular complexity index is 247. The summed E-state index contributed by atoms with van der Waals surface area (Å²) in [7, 11) is 0. The molecule has 0 bridgehead atoms. The number of hydrogen-bond acceptors (Lipinski definition) is 7. The van der Waals surface area contributed by atoms with Crippen LogP contribution in [-0.4, -0.2) is 46.2 Å². The number of hydrazine groups is 1. The lowest BCUT2D eigenvalue weighted by Gasteiger charge is -2.19. The van der Waals surface area contributed by atoms with Crippen molar-refractivity contribution < 1.29 is 4.74 Å². The topological polar surface area (TPSA) is 45.3 Å². The SMILES string of the molecule is C1COC(C2NC(CSC3NNCS3)CS2)C1. The van der Waals surface area contributed by atoms with Gasteiger partial charge in [-0.1, -0.05) is 0 Å². The maximum atomic E-state index is 5.75. The quantitative estimate of drug-likeness (QED) is 0.715. The lowest BCUT2D eigenvalue weighted by Crippen LogP contribution is -2.39. The summed E-state index contributed by atoms with van der Waals surface area (Å²) in [6, 6.07) is 0.641. The van der Waals surface area contributed by atoms with Gasteiger partial charge < -0.3 is 4.74 Å². The van der Waals surface area contributed by atoms with E-state index in [1.165, 1.54) is 24.3 Å². The van der Waals surface area contributed by atoms with Crippen molar-refractivity contribution in [1.82, 2.24) is 16.2 Å². The van der Waals surface area contributed by atoms with Gasteiger partial charge in [0.1, 0.15) is 4.71 Å². The summed E-state index contributed by atoms with van der Waals surface area (Å²) in [6.07, 6.45) is 2.92. The van der Waals surface area contributed by atoms with Gasteiger partial charge in [0.15, 0.2) is 0 Å². The second kappa shape index (κ2) is 6.36. The standard InChI is InChI=1S/C10H19N3OS3/c1-2-8(14-3-1)9-12-7(4-15-9)5-16-10-13-11-6-17-10/h7-13H,1-6H2. The van der Waals surface area contributed by atoms with Gasteiger partial charge in [0.2, 0.25) is 0 Å². The van der Waals surface area contributed by atoms with Crippen molar-refractivity contribution >= 4 is 35.3 Å². The smallest absolute Gasteiger partial charge is 0.114 e. The van der Waals surface area contributed by atoms with E-state index in [2.05, 4.69) is 16.2 Å². The van der Waals surface area contributed by atoms with Gasteiger partial charge in [-0.05, 0) is 12.8 Å². The third-order valence-corrected chi connectivity index (χ3v) is 7.11. The summed E-state index contributed by atoms with van der Waals surface area (Å²) in [4.78, 5) is 0. The van der Waals surface area contributed by atoms with Gasteiger partial charge in [-0.2, -0.15) is 0 Å². The van der Waals surface area contributed by atoms with E-state index in [4.69, 9.17) is 4.74 Å². The Balaban J connectivity index is 1.38. The first-order valence-corrected chi connectivity index (χ1v) is 9.27. The van der Waals surface area contributed by atoms with Gasteiger partial charge in [-0.15, -0.1) is 35.3 Å². The first-order chi connectivity index (χ1) is 8.42. The molecule has 3 aliphatic heterocycles. The van der Waals surface area contributed by atoms with E-state index >= 15 is 0 Å². The summed E-state index contributed by atoms with van der Waals surface area (Å²) in [6.45, 7) is 0.955. The highest BCUT2D eigenvalue weighted by molar-refractivity contribution is 8.17. The molecule has 0 radical (unpaired) electrons. The number of rotatable bonds is 4. The van der Waals surface area contributed by atoms with E-state index in [0.717, 1.165) is 12.5 Å². The highest BCUT2D eigenvalue weighted by Crippen LogP contribution is 2.31. The second-order valence-electron chi connectivity index (χ2n) is 4.47. The predicted molar refractivity (Wildman–Crippen MR) is 77.1 cm³/mol. The molecule has 0 aromatic carbocycles. The molecule has 0 amide bonds. The molecule has 3 aliphatic rings. The number of hydrogen-bond donors (Lipinski definition) is 3. The minimum atomic E-state index is 0.454. The first kappa shape index (κ1) is 12.9. The lowest BCUT2D eigenvalue weighted by molar-refractivity contribution is 0.102. The average molecular weight is 293 g/mol. The largest absolute Gasteiger partial charge is 0.376 e. The van der Waals surface area contributed by atoms with Crippen LogP contribution in [0.5, 0.6) is 0 Å². The molecule has 3 saturated heterocycles. The lowest BCUT2D eigenvalue weighted by atomic mass is 10.2. The molecule has 3 N–H and O–H groups in total. The Morgan fingerprint density at radius 2 is 2.35 bits per heavy atom. The van der Waals surface area contributed by atoms with E-state index in [1.54, 1.807) is 0 Å². The van der Waals surface area contributed by atoms with Gasteiger partial charge >= 0.3 is 0 Å². The van der Waals surface area contributed by atoms with Crippen LogP contribution in [0.2, 0.25) is 0 Å². The van der Waals surface area contributed by atoms with Gasteiger partial charge in [0, 0.05) is 24.2 Å². The van der Waals surface area contributed by atoms with Crippen molar-refractivity contribution in [3.8, 4) is 0 Å². The van der Waals surface area contributed by atoms with E-state index in [0.29, 0.717) is 22.2 Å². The average Bonchev–Trinajstić information content (AvgIpc) is 3.09. The fourth-order valence-electron chi connectivity index (χ4n) is 2.28. The zero-order chi connectivity index (χ0) is 11.5. The molecule has 0 aliphatic carbocycles. The van der Waals surface area contributed by atoms with E-state index in [9.17, 15) is 0 Å². The number of thioether (sulfide) groups is 3. The molecule has 0 spiro atoms. The molecule has 3 fully saturated rings. The van der Waals surface area contributed by atoms with Crippen LogP contribution in [0, 0.1) is 0 Å². The van der Waals surface area contributed by atoms with E-state index in [-0.39, 0.29) is 0 Å². The number of nitrogens with one attached hydrogen (secondary N) is 3. The highest BCUT2D eigenvalue weighted by Gasteiger charge is 2.33. The Hall–Kier alpha value is 0.890. The molecule has 17 heavy (non-hydrogen) atoms. The predicted octanol–water partition coefficient (Wildman–Crippen LogP) is 1.01. The molecule has 4 atom stereocenters. The van der Waals surface area contributed by atoms with Crippen LogP contribution in [0.1, 0.15) is 12.8 Å². The Labute approximate surface area is 115 Å².